The minimum Gasteiger partial charge on any atom is -0.478 e. The minimum atomic E-state index is -1.24. The summed E-state index contributed by atoms with van der Waals surface area (Å²) in [5.41, 5.74) is 0. The van der Waals surface area contributed by atoms with E-state index in [1.54, 1.807) is 0 Å². The van der Waals surface area contributed by atoms with Crippen LogP contribution in [0.5, 0.6) is 0 Å². The molecule has 19 heavy (non-hydrogen) atoms. The van der Waals surface area contributed by atoms with E-state index in [1.165, 1.54) is 4.90 Å². The number of carbonyl (C=O) groups is 3. The summed E-state index contributed by atoms with van der Waals surface area (Å²) in [7, 11) is 0. The number of nitrogens with one attached hydrogen (secondary N) is 1. The van der Waals surface area contributed by atoms with Crippen LogP contribution in [0.25, 0.3) is 0 Å². The summed E-state index contributed by atoms with van der Waals surface area (Å²) >= 11 is 0. The third-order valence-electron chi connectivity index (χ3n) is 2.74. The second kappa shape index (κ2) is 7.52. The minimum absolute atomic E-state index is 0.164. The Balaban J connectivity index is 2.35. The van der Waals surface area contributed by atoms with E-state index in [2.05, 4.69) is 5.32 Å². The molecule has 0 saturated carbocycles. The number of aliphatic carboxylic acids is 1. The Morgan fingerprint density at radius 1 is 1.32 bits per heavy atom. The first kappa shape index (κ1) is 15.2. The molecule has 0 aromatic heterocycles. The number of carbonyl (C=O) groups excluding carboxylic acids is 2. The maximum atomic E-state index is 11.7. The lowest BCUT2D eigenvalue weighted by molar-refractivity contribution is -0.131. The Bertz CT molecular complexity index is 372. The van der Waals surface area contributed by atoms with Gasteiger partial charge in [0.05, 0.1) is 6.10 Å². The summed E-state index contributed by atoms with van der Waals surface area (Å²) in [5, 5.41) is 10.5. The molecule has 1 aliphatic rings. The largest absolute Gasteiger partial charge is 0.478 e. The van der Waals surface area contributed by atoms with Crippen molar-refractivity contribution in [3.05, 3.63) is 12.2 Å². The van der Waals surface area contributed by atoms with E-state index >= 15 is 0 Å². The van der Waals surface area contributed by atoms with Gasteiger partial charge < -0.3 is 14.7 Å². The number of carboxylic acid groups (broad SMARTS) is 1. The zero-order chi connectivity index (χ0) is 14.3. The van der Waals surface area contributed by atoms with Gasteiger partial charge in [-0.1, -0.05) is 0 Å². The second-order valence-corrected chi connectivity index (χ2v) is 4.11. The van der Waals surface area contributed by atoms with Crippen LogP contribution in [0.1, 0.15) is 19.8 Å². The molecule has 1 rings (SSSR count). The molecular weight excluding hydrogens is 252 g/mol. The van der Waals surface area contributed by atoms with Gasteiger partial charge in [0.25, 0.3) is 5.91 Å². The van der Waals surface area contributed by atoms with E-state index in [4.69, 9.17) is 9.84 Å². The van der Waals surface area contributed by atoms with Gasteiger partial charge in [0.15, 0.2) is 0 Å². The van der Waals surface area contributed by atoms with Crippen LogP contribution in [-0.4, -0.2) is 53.7 Å². The van der Waals surface area contributed by atoms with Crippen LogP contribution < -0.4 is 5.32 Å². The second-order valence-electron chi connectivity index (χ2n) is 4.11. The smallest absolute Gasteiger partial charge is 0.328 e. The Kier molecular flexibility index (Phi) is 6.01. The van der Waals surface area contributed by atoms with Crippen molar-refractivity contribution >= 4 is 17.9 Å². The molecule has 1 heterocycles. The molecule has 0 aromatic rings. The average molecular weight is 270 g/mol. The molecule has 1 saturated heterocycles. The molecule has 0 spiro atoms. The topological polar surface area (TPSA) is 95.9 Å². The summed E-state index contributed by atoms with van der Waals surface area (Å²) in [5.74, 6) is -1.97. The summed E-state index contributed by atoms with van der Waals surface area (Å²) in [6.07, 6.45) is 3.13. The van der Waals surface area contributed by atoms with Gasteiger partial charge in [0, 0.05) is 31.8 Å². The van der Waals surface area contributed by atoms with Gasteiger partial charge in [0.1, 0.15) is 0 Å². The first-order chi connectivity index (χ1) is 9.02. The Morgan fingerprint density at radius 2 is 1.95 bits per heavy atom. The molecule has 7 nitrogen and oxygen atoms in total. The quantitative estimate of drug-likeness (QED) is 0.719. The van der Waals surface area contributed by atoms with Crippen LogP contribution >= 0.6 is 0 Å². The molecule has 106 valence electrons. The fourth-order valence-electron chi connectivity index (χ4n) is 1.83. The normalized spacial score (nSPS) is 16.6. The Morgan fingerprint density at radius 3 is 2.47 bits per heavy atom. The van der Waals surface area contributed by atoms with Crippen LogP contribution in [-0.2, 0) is 14.3 Å². The molecular formula is C12H18N2O5. The summed E-state index contributed by atoms with van der Waals surface area (Å²) < 4.78 is 5.46. The number of hydrogen-bond donors (Lipinski definition) is 2. The molecule has 0 bridgehead atoms. The number of amides is 3. The highest BCUT2D eigenvalue weighted by atomic mass is 16.5. The van der Waals surface area contributed by atoms with Crippen molar-refractivity contribution in [2.45, 2.75) is 25.9 Å². The first-order valence-electron chi connectivity index (χ1n) is 6.15. The van der Waals surface area contributed by atoms with Gasteiger partial charge in [-0.05, 0) is 19.8 Å². The summed E-state index contributed by atoms with van der Waals surface area (Å²) in [6.45, 7) is 3.61. The number of hydrogen-bond acceptors (Lipinski definition) is 4. The van der Waals surface area contributed by atoms with Crippen LogP contribution in [0.2, 0.25) is 0 Å². The van der Waals surface area contributed by atoms with E-state index in [1.807, 2.05) is 6.92 Å². The number of likely N-dealkylation sites (tertiary alicyclic amines) is 1. The van der Waals surface area contributed by atoms with Crippen LogP contribution in [0, 0.1) is 0 Å². The van der Waals surface area contributed by atoms with Crippen molar-refractivity contribution in [3.8, 4) is 0 Å². The van der Waals surface area contributed by atoms with Gasteiger partial charge >= 0.3 is 12.0 Å². The monoisotopic (exact) mass is 270 g/mol. The molecule has 1 aliphatic heterocycles. The van der Waals surface area contributed by atoms with Crippen molar-refractivity contribution in [1.29, 1.82) is 0 Å². The third kappa shape index (κ3) is 5.52. The average Bonchev–Trinajstić information content (AvgIpc) is 2.37. The molecule has 3 amide bonds. The lowest BCUT2D eigenvalue weighted by Crippen LogP contribution is -2.47. The molecule has 0 atom stereocenters. The zero-order valence-electron chi connectivity index (χ0n) is 10.8. The molecule has 0 aliphatic carbocycles. The molecule has 7 heteroatoms. The van der Waals surface area contributed by atoms with Gasteiger partial charge in [-0.25, -0.2) is 9.59 Å². The number of imide groups is 1. The van der Waals surface area contributed by atoms with Crippen molar-refractivity contribution in [2.24, 2.45) is 0 Å². The highest BCUT2D eigenvalue weighted by molar-refractivity contribution is 6.02. The summed E-state index contributed by atoms with van der Waals surface area (Å²) in [4.78, 5) is 34.7. The predicted molar refractivity (Wildman–Crippen MR) is 66.5 cm³/mol. The zero-order valence-corrected chi connectivity index (χ0v) is 10.8. The van der Waals surface area contributed by atoms with Crippen molar-refractivity contribution < 1.29 is 24.2 Å². The molecule has 0 aromatic carbocycles. The fourth-order valence-corrected chi connectivity index (χ4v) is 1.83. The number of ether oxygens (including phenoxy) is 1. The van der Waals surface area contributed by atoms with Crippen LogP contribution in [0.4, 0.5) is 4.79 Å². The van der Waals surface area contributed by atoms with Gasteiger partial charge in [-0.2, -0.15) is 0 Å². The number of rotatable bonds is 4. The SMILES string of the molecule is CCOC1CCN(C(=O)NC(=O)/C=C/C(=O)O)CC1. The first-order valence-corrected chi connectivity index (χ1v) is 6.15. The van der Waals surface area contributed by atoms with E-state index in [9.17, 15) is 14.4 Å². The predicted octanol–water partition coefficient (Wildman–Crippen LogP) is 0.364. The number of nitrogens with zero attached hydrogens (tertiary/aromatic N) is 1. The Labute approximate surface area is 111 Å². The lowest BCUT2D eigenvalue weighted by Gasteiger charge is -2.31. The van der Waals surface area contributed by atoms with E-state index in [0.29, 0.717) is 25.8 Å². The molecule has 2 N–H and O–H groups in total. The maximum Gasteiger partial charge on any atom is 0.328 e. The molecule has 0 radical (unpaired) electrons. The Hall–Kier alpha value is -1.89. The van der Waals surface area contributed by atoms with Crippen LogP contribution in [0.3, 0.4) is 0 Å². The van der Waals surface area contributed by atoms with Crippen molar-refractivity contribution in [2.75, 3.05) is 19.7 Å². The van der Waals surface area contributed by atoms with Gasteiger partial charge in [-0.3, -0.25) is 10.1 Å². The van der Waals surface area contributed by atoms with Gasteiger partial charge in [0.2, 0.25) is 0 Å². The fraction of sp³-hybridized carbons (Fsp3) is 0.583. The molecule has 1 fully saturated rings. The highest BCUT2D eigenvalue weighted by Crippen LogP contribution is 2.13. The van der Waals surface area contributed by atoms with Crippen molar-refractivity contribution in [1.82, 2.24) is 10.2 Å². The van der Waals surface area contributed by atoms with E-state index < -0.39 is 17.9 Å². The summed E-state index contributed by atoms with van der Waals surface area (Å²) in [6, 6.07) is -0.505. The maximum absolute atomic E-state index is 11.7. The number of urea groups is 1. The lowest BCUT2D eigenvalue weighted by atomic mass is 10.1. The standard InChI is InChI=1S/C12H18N2O5/c1-2-19-9-5-7-14(8-6-9)12(18)13-10(15)3-4-11(16)17/h3-4,9H,2,5-8H2,1H3,(H,16,17)(H,13,15,18)/b4-3+. The van der Waals surface area contributed by atoms with Crippen molar-refractivity contribution in [3.63, 3.8) is 0 Å². The van der Waals surface area contributed by atoms with E-state index in [0.717, 1.165) is 18.9 Å². The van der Waals surface area contributed by atoms with Crippen LogP contribution in [0.15, 0.2) is 12.2 Å². The molecule has 0 unspecified atom stereocenters. The van der Waals surface area contributed by atoms with E-state index in [-0.39, 0.29) is 6.10 Å². The highest BCUT2D eigenvalue weighted by Gasteiger charge is 2.23. The third-order valence-corrected chi connectivity index (χ3v) is 2.74. The number of piperidine rings is 1. The number of carboxylic acids is 1. The van der Waals surface area contributed by atoms with Gasteiger partial charge in [-0.15, -0.1) is 0 Å².